The summed E-state index contributed by atoms with van der Waals surface area (Å²) in [4.78, 5) is 3.31. The van der Waals surface area contributed by atoms with Gasteiger partial charge < -0.3 is 4.98 Å². The molecule has 2 N–H and O–H groups in total. The highest BCUT2D eigenvalue weighted by Gasteiger charge is 2.14. The van der Waals surface area contributed by atoms with Crippen molar-refractivity contribution >= 4 is 31.7 Å². The maximum atomic E-state index is 13.4. The van der Waals surface area contributed by atoms with E-state index in [1.165, 1.54) is 12.1 Å². The van der Waals surface area contributed by atoms with Crippen LogP contribution in [0.2, 0.25) is 0 Å². The van der Waals surface area contributed by atoms with E-state index in [9.17, 15) is 12.8 Å². The van der Waals surface area contributed by atoms with Crippen LogP contribution in [0.25, 0.3) is 21.7 Å². The molecule has 0 fully saturated rings. The molecule has 132 valence electrons. The van der Waals surface area contributed by atoms with E-state index in [0.717, 1.165) is 27.2 Å². The van der Waals surface area contributed by atoms with Crippen LogP contribution in [-0.4, -0.2) is 19.9 Å². The highest BCUT2D eigenvalue weighted by atomic mass is 32.2. The number of hydrogen-bond acceptors (Lipinski definition) is 2. The molecule has 0 aliphatic rings. The van der Waals surface area contributed by atoms with E-state index in [1.54, 1.807) is 30.5 Å². The second kappa shape index (κ2) is 6.55. The van der Waals surface area contributed by atoms with Gasteiger partial charge in [-0.15, -0.1) is 0 Å². The molecular weight excluding hydrogens is 351 g/mol. The third kappa shape index (κ3) is 3.21. The van der Waals surface area contributed by atoms with Crippen molar-refractivity contribution in [2.24, 2.45) is 0 Å². The summed E-state index contributed by atoms with van der Waals surface area (Å²) in [6.07, 6.45) is 2.25. The van der Waals surface area contributed by atoms with Crippen molar-refractivity contribution in [3.63, 3.8) is 0 Å². The van der Waals surface area contributed by atoms with E-state index in [4.69, 9.17) is 0 Å². The van der Waals surface area contributed by atoms with Crippen molar-refractivity contribution < 1.29 is 12.8 Å². The summed E-state index contributed by atoms with van der Waals surface area (Å²) >= 11 is 0. The maximum Gasteiger partial charge on any atom is 0.240 e. The SMILES string of the molecule is O=S(=O)(NCCc1c[nH]c2ccc(F)cc12)c1ccc2ccccc2c1. The molecule has 1 heterocycles. The van der Waals surface area contributed by atoms with Gasteiger partial charge in [0.1, 0.15) is 5.82 Å². The Morgan fingerprint density at radius 2 is 1.77 bits per heavy atom. The van der Waals surface area contributed by atoms with Crippen molar-refractivity contribution in [1.29, 1.82) is 0 Å². The average molecular weight is 368 g/mol. The third-order valence-electron chi connectivity index (χ3n) is 4.45. The molecule has 3 aromatic carbocycles. The molecule has 0 aliphatic carbocycles. The molecule has 4 aromatic rings. The number of nitrogens with one attached hydrogen (secondary N) is 2. The molecule has 0 amide bonds. The van der Waals surface area contributed by atoms with Gasteiger partial charge in [0.2, 0.25) is 10.0 Å². The van der Waals surface area contributed by atoms with E-state index in [0.29, 0.717) is 6.42 Å². The number of aromatic amines is 1. The Labute approximate surface area is 150 Å². The number of rotatable bonds is 5. The average Bonchev–Trinajstić information content (AvgIpc) is 3.03. The van der Waals surface area contributed by atoms with Gasteiger partial charge in [-0.05, 0) is 53.1 Å². The minimum absolute atomic E-state index is 0.235. The van der Waals surface area contributed by atoms with Crippen LogP contribution in [0.15, 0.2) is 71.8 Å². The highest BCUT2D eigenvalue weighted by molar-refractivity contribution is 7.89. The Morgan fingerprint density at radius 1 is 0.962 bits per heavy atom. The quantitative estimate of drug-likeness (QED) is 0.560. The molecular formula is C20H17FN2O2S. The summed E-state index contributed by atoms with van der Waals surface area (Å²) in [5.74, 6) is -0.310. The Morgan fingerprint density at radius 3 is 2.62 bits per heavy atom. The van der Waals surface area contributed by atoms with Gasteiger partial charge in [0.15, 0.2) is 0 Å². The molecule has 0 atom stereocenters. The fourth-order valence-electron chi connectivity index (χ4n) is 3.10. The van der Waals surface area contributed by atoms with Crippen molar-refractivity contribution in [3.05, 3.63) is 78.2 Å². The number of H-pyrrole nitrogens is 1. The Balaban J connectivity index is 1.51. The lowest BCUT2D eigenvalue weighted by molar-refractivity contribution is 0.582. The van der Waals surface area contributed by atoms with E-state index in [2.05, 4.69) is 9.71 Å². The monoisotopic (exact) mass is 368 g/mol. The van der Waals surface area contributed by atoms with Gasteiger partial charge in [0.25, 0.3) is 0 Å². The van der Waals surface area contributed by atoms with Crippen molar-refractivity contribution in [3.8, 4) is 0 Å². The zero-order chi connectivity index (χ0) is 18.1. The van der Waals surface area contributed by atoms with E-state index in [-0.39, 0.29) is 17.3 Å². The topological polar surface area (TPSA) is 62.0 Å². The van der Waals surface area contributed by atoms with Crippen LogP contribution in [0.5, 0.6) is 0 Å². The molecule has 6 heteroatoms. The lowest BCUT2D eigenvalue weighted by atomic mass is 10.1. The van der Waals surface area contributed by atoms with Crippen molar-refractivity contribution in [2.45, 2.75) is 11.3 Å². The Hall–Kier alpha value is -2.70. The Kier molecular flexibility index (Phi) is 4.22. The summed E-state index contributed by atoms with van der Waals surface area (Å²) in [7, 11) is -3.60. The minimum atomic E-state index is -3.60. The second-order valence-electron chi connectivity index (χ2n) is 6.16. The van der Waals surface area contributed by atoms with E-state index in [1.807, 2.05) is 24.3 Å². The number of hydrogen-bond donors (Lipinski definition) is 2. The number of benzene rings is 3. The Bertz CT molecular complexity index is 1200. The zero-order valence-corrected chi connectivity index (χ0v) is 14.7. The third-order valence-corrected chi connectivity index (χ3v) is 5.91. The number of fused-ring (bicyclic) bond motifs is 2. The molecule has 1 aromatic heterocycles. The zero-order valence-electron chi connectivity index (χ0n) is 13.9. The largest absolute Gasteiger partial charge is 0.361 e. The van der Waals surface area contributed by atoms with Crippen LogP contribution in [0.4, 0.5) is 4.39 Å². The molecule has 4 nitrogen and oxygen atoms in total. The van der Waals surface area contributed by atoms with Crippen LogP contribution < -0.4 is 4.72 Å². The van der Waals surface area contributed by atoms with Crippen molar-refractivity contribution in [1.82, 2.24) is 9.71 Å². The molecule has 0 radical (unpaired) electrons. The van der Waals surface area contributed by atoms with Crippen LogP contribution in [0.3, 0.4) is 0 Å². The first kappa shape index (κ1) is 16.8. The van der Waals surface area contributed by atoms with Crippen LogP contribution in [0.1, 0.15) is 5.56 Å². The molecule has 26 heavy (non-hydrogen) atoms. The first-order chi connectivity index (χ1) is 12.5. The van der Waals surface area contributed by atoms with E-state index >= 15 is 0 Å². The first-order valence-corrected chi connectivity index (χ1v) is 9.75. The van der Waals surface area contributed by atoms with Gasteiger partial charge in [0, 0.05) is 23.6 Å². The molecule has 0 saturated heterocycles. The van der Waals surface area contributed by atoms with Gasteiger partial charge >= 0.3 is 0 Å². The van der Waals surface area contributed by atoms with Gasteiger partial charge in [-0.1, -0.05) is 30.3 Å². The standard InChI is InChI=1S/C20H17FN2O2S/c21-17-6-8-20-19(12-17)16(13-22-20)9-10-23-26(24,25)18-7-5-14-3-1-2-4-15(14)11-18/h1-8,11-13,22-23H,9-10H2. The predicted octanol–water partition coefficient (Wildman–Crippen LogP) is 3.98. The van der Waals surface area contributed by atoms with Gasteiger partial charge in [-0.3, -0.25) is 0 Å². The fourth-order valence-corrected chi connectivity index (χ4v) is 4.16. The van der Waals surface area contributed by atoms with Crippen LogP contribution in [-0.2, 0) is 16.4 Å². The van der Waals surface area contributed by atoms with Gasteiger partial charge in [0.05, 0.1) is 4.90 Å². The first-order valence-electron chi connectivity index (χ1n) is 8.27. The highest BCUT2D eigenvalue weighted by Crippen LogP contribution is 2.21. The summed E-state index contributed by atoms with van der Waals surface area (Å²) in [6, 6.07) is 17.2. The second-order valence-corrected chi connectivity index (χ2v) is 7.93. The maximum absolute atomic E-state index is 13.4. The van der Waals surface area contributed by atoms with Gasteiger partial charge in [-0.2, -0.15) is 0 Å². The number of aromatic nitrogens is 1. The molecule has 0 bridgehead atoms. The molecule has 0 saturated carbocycles. The molecule has 0 spiro atoms. The summed E-state index contributed by atoms with van der Waals surface area (Å²) in [5, 5.41) is 2.64. The summed E-state index contributed by atoms with van der Waals surface area (Å²) < 4.78 is 41.1. The molecule has 0 unspecified atom stereocenters. The molecule has 0 aliphatic heterocycles. The normalized spacial score (nSPS) is 12.0. The number of halogens is 1. The minimum Gasteiger partial charge on any atom is -0.361 e. The smallest absolute Gasteiger partial charge is 0.240 e. The van der Waals surface area contributed by atoms with E-state index < -0.39 is 10.0 Å². The predicted molar refractivity (Wildman–Crippen MR) is 101 cm³/mol. The van der Waals surface area contributed by atoms with Crippen LogP contribution in [0, 0.1) is 5.82 Å². The van der Waals surface area contributed by atoms with Gasteiger partial charge in [-0.25, -0.2) is 17.5 Å². The number of sulfonamides is 1. The van der Waals surface area contributed by atoms with Crippen molar-refractivity contribution in [2.75, 3.05) is 6.54 Å². The lowest BCUT2D eigenvalue weighted by Crippen LogP contribution is -2.25. The molecule has 4 rings (SSSR count). The fraction of sp³-hybridized carbons (Fsp3) is 0.100. The summed E-state index contributed by atoms with van der Waals surface area (Å²) in [6.45, 7) is 0.235. The summed E-state index contributed by atoms with van der Waals surface area (Å²) in [5.41, 5.74) is 1.71. The lowest BCUT2D eigenvalue weighted by Gasteiger charge is -2.08. The van der Waals surface area contributed by atoms with Crippen LogP contribution >= 0.6 is 0 Å².